The third-order valence-electron chi connectivity index (χ3n) is 4.13. The molecule has 3 unspecified atom stereocenters. The molecular formula is C15H27NO. The van der Waals surface area contributed by atoms with Crippen LogP contribution >= 0.6 is 0 Å². The van der Waals surface area contributed by atoms with Crippen molar-refractivity contribution in [1.29, 1.82) is 0 Å². The molecule has 2 nitrogen and oxygen atoms in total. The maximum atomic E-state index is 6.08. The van der Waals surface area contributed by atoms with Crippen molar-refractivity contribution in [2.24, 2.45) is 11.8 Å². The normalized spacial score (nSPS) is 30.5. The molecule has 0 bridgehead atoms. The predicted octanol–water partition coefficient (Wildman–Crippen LogP) is 3.14. The fourth-order valence-electron chi connectivity index (χ4n) is 2.41. The molecule has 1 saturated carbocycles. The summed E-state index contributed by atoms with van der Waals surface area (Å²) < 4.78 is 6.08. The van der Waals surface area contributed by atoms with Crippen LogP contribution in [0.2, 0.25) is 0 Å². The molecule has 0 aromatic rings. The van der Waals surface area contributed by atoms with E-state index >= 15 is 0 Å². The van der Waals surface area contributed by atoms with Gasteiger partial charge < -0.3 is 10.1 Å². The van der Waals surface area contributed by atoms with Gasteiger partial charge in [0.1, 0.15) is 0 Å². The molecule has 3 atom stereocenters. The van der Waals surface area contributed by atoms with Crippen molar-refractivity contribution in [2.45, 2.75) is 58.1 Å². The number of rotatable bonds is 7. The Morgan fingerprint density at radius 2 is 2.06 bits per heavy atom. The average Bonchev–Trinajstić information content (AvgIpc) is 3.15. The molecule has 98 valence electrons. The maximum absolute atomic E-state index is 6.08. The van der Waals surface area contributed by atoms with Crippen LogP contribution in [-0.2, 0) is 4.74 Å². The lowest BCUT2D eigenvalue weighted by Gasteiger charge is -2.27. The second kappa shape index (κ2) is 6.55. The molecular weight excluding hydrogens is 210 g/mol. The molecule has 0 aromatic heterocycles. The largest absolute Gasteiger partial charge is 0.377 e. The molecule has 2 heteroatoms. The van der Waals surface area contributed by atoms with Crippen LogP contribution in [0.4, 0.5) is 0 Å². The Kier molecular flexibility index (Phi) is 5.05. The smallest absolute Gasteiger partial charge is 0.0697 e. The molecule has 0 aliphatic heterocycles. The minimum absolute atomic E-state index is 0.411. The van der Waals surface area contributed by atoms with Crippen molar-refractivity contribution in [3.8, 4) is 0 Å². The van der Waals surface area contributed by atoms with E-state index in [2.05, 4.69) is 31.3 Å². The fourth-order valence-corrected chi connectivity index (χ4v) is 2.41. The summed E-state index contributed by atoms with van der Waals surface area (Å²) in [6, 6.07) is 0.796. The van der Waals surface area contributed by atoms with Gasteiger partial charge >= 0.3 is 0 Å². The Morgan fingerprint density at radius 3 is 2.71 bits per heavy atom. The standard InChI is InChI=1S/C15H27NO/c1-3-15(10-16-14-8-9-14)17-11-13-7-5-4-6-12(13)2/h4-5,12-16H,3,6-11H2,1-2H3. The van der Waals surface area contributed by atoms with E-state index in [0.29, 0.717) is 6.10 Å². The molecule has 1 fully saturated rings. The van der Waals surface area contributed by atoms with Gasteiger partial charge in [0.05, 0.1) is 12.7 Å². The first-order valence-electron chi connectivity index (χ1n) is 7.29. The van der Waals surface area contributed by atoms with E-state index in [9.17, 15) is 0 Å². The summed E-state index contributed by atoms with van der Waals surface area (Å²) in [5.74, 6) is 1.52. The number of allylic oxidation sites excluding steroid dienone is 2. The molecule has 0 amide bonds. The minimum Gasteiger partial charge on any atom is -0.377 e. The summed E-state index contributed by atoms with van der Waals surface area (Å²) in [5.41, 5.74) is 0. The summed E-state index contributed by atoms with van der Waals surface area (Å²) >= 11 is 0. The Balaban J connectivity index is 1.65. The van der Waals surface area contributed by atoms with E-state index in [1.165, 1.54) is 25.7 Å². The molecule has 0 radical (unpaired) electrons. The van der Waals surface area contributed by atoms with Crippen LogP contribution in [0.3, 0.4) is 0 Å². The van der Waals surface area contributed by atoms with E-state index in [1.807, 2.05) is 0 Å². The van der Waals surface area contributed by atoms with E-state index in [-0.39, 0.29) is 0 Å². The summed E-state index contributed by atoms with van der Waals surface area (Å²) in [6.07, 6.45) is 11.3. The first kappa shape index (κ1) is 13.1. The third-order valence-corrected chi connectivity index (χ3v) is 4.13. The Labute approximate surface area is 106 Å². The zero-order valence-electron chi connectivity index (χ0n) is 11.3. The van der Waals surface area contributed by atoms with E-state index in [0.717, 1.165) is 37.5 Å². The summed E-state index contributed by atoms with van der Waals surface area (Å²) in [7, 11) is 0. The molecule has 2 rings (SSSR count). The van der Waals surface area contributed by atoms with Crippen LogP contribution in [-0.4, -0.2) is 25.3 Å². The highest BCUT2D eigenvalue weighted by molar-refractivity contribution is 4.93. The molecule has 0 spiro atoms. The van der Waals surface area contributed by atoms with Crippen molar-refractivity contribution in [3.05, 3.63) is 12.2 Å². The molecule has 2 aliphatic carbocycles. The molecule has 1 N–H and O–H groups in total. The summed E-state index contributed by atoms with van der Waals surface area (Å²) in [5, 5.41) is 3.57. The van der Waals surface area contributed by atoms with Crippen LogP contribution in [0.5, 0.6) is 0 Å². The Bertz CT molecular complexity index is 247. The van der Waals surface area contributed by atoms with Crippen LogP contribution < -0.4 is 5.32 Å². The quantitative estimate of drug-likeness (QED) is 0.687. The first-order valence-corrected chi connectivity index (χ1v) is 7.29. The molecule has 17 heavy (non-hydrogen) atoms. The second-order valence-corrected chi connectivity index (χ2v) is 5.73. The van der Waals surface area contributed by atoms with Crippen molar-refractivity contribution in [3.63, 3.8) is 0 Å². The van der Waals surface area contributed by atoms with Gasteiger partial charge in [-0.1, -0.05) is 26.0 Å². The van der Waals surface area contributed by atoms with Gasteiger partial charge in [-0.25, -0.2) is 0 Å². The zero-order valence-corrected chi connectivity index (χ0v) is 11.3. The van der Waals surface area contributed by atoms with E-state index in [1.54, 1.807) is 0 Å². The fraction of sp³-hybridized carbons (Fsp3) is 0.867. The van der Waals surface area contributed by atoms with Crippen molar-refractivity contribution < 1.29 is 4.74 Å². The number of nitrogens with one attached hydrogen (secondary N) is 1. The lowest BCUT2D eigenvalue weighted by atomic mass is 9.85. The summed E-state index contributed by atoms with van der Waals surface area (Å²) in [4.78, 5) is 0. The highest BCUT2D eigenvalue weighted by atomic mass is 16.5. The molecule has 2 aliphatic rings. The Hall–Kier alpha value is -0.340. The van der Waals surface area contributed by atoms with Crippen LogP contribution in [0.15, 0.2) is 12.2 Å². The maximum Gasteiger partial charge on any atom is 0.0697 e. The summed E-state index contributed by atoms with van der Waals surface area (Å²) in [6.45, 7) is 6.55. The highest BCUT2D eigenvalue weighted by Gasteiger charge is 2.23. The van der Waals surface area contributed by atoms with Gasteiger partial charge in [0.15, 0.2) is 0 Å². The zero-order chi connectivity index (χ0) is 12.1. The SMILES string of the molecule is CCC(CNC1CC1)OCC1CC=CCC1C. The number of hydrogen-bond acceptors (Lipinski definition) is 2. The van der Waals surface area contributed by atoms with Gasteiger partial charge in [-0.15, -0.1) is 0 Å². The van der Waals surface area contributed by atoms with Gasteiger partial charge in [-0.3, -0.25) is 0 Å². The topological polar surface area (TPSA) is 21.3 Å². The number of ether oxygens (including phenoxy) is 1. The molecule has 0 heterocycles. The lowest BCUT2D eigenvalue weighted by Crippen LogP contribution is -2.32. The monoisotopic (exact) mass is 237 g/mol. The van der Waals surface area contributed by atoms with E-state index in [4.69, 9.17) is 4.74 Å². The highest BCUT2D eigenvalue weighted by Crippen LogP contribution is 2.25. The Morgan fingerprint density at radius 1 is 1.29 bits per heavy atom. The van der Waals surface area contributed by atoms with Gasteiger partial charge in [-0.05, 0) is 43.9 Å². The van der Waals surface area contributed by atoms with Crippen molar-refractivity contribution in [1.82, 2.24) is 5.32 Å². The predicted molar refractivity (Wildman–Crippen MR) is 72.1 cm³/mol. The first-order chi connectivity index (χ1) is 8.29. The van der Waals surface area contributed by atoms with Gasteiger partial charge in [0, 0.05) is 12.6 Å². The lowest BCUT2D eigenvalue weighted by molar-refractivity contribution is 0.0149. The average molecular weight is 237 g/mol. The van der Waals surface area contributed by atoms with Gasteiger partial charge in [-0.2, -0.15) is 0 Å². The van der Waals surface area contributed by atoms with Crippen LogP contribution in [0.1, 0.15) is 46.0 Å². The minimum atomic E-state index is 0.411. The molecule has 0 aromatic carbocycles. The van der Waals surface area contributed by atoms with Gasteiger partial charge in [0.2, 0.25) is 0 Å². The van der Waals surface area contributed by atoms with Crippen LogP contribution in [0.25, 0.3) is 0 Å². The van der Waals surface area contributed by atoms with Crippen LogP contribution in [0, 0.1) is 11.8 Å². The number of hydrogen-bond donors (Lipinski definition) is 1. The van der Waals surface area contributed by atoms with Crippen molar-refractivity contribution in [2.75, 3.05) is 13.2 Å². The van der Waals surface area contributed by atoms with Crippen molar-refractivity contribution >= 4 is 0 Å². The second-order valence-electron chi connectivity index (χ2n) is 5.73. The van der Waals surface area contributed by atoms with E-state index < -0.39 is 0 Å². The van der Waals surface area contributed by atoms with Gasteiger partial charge in [0.25, 0.3) is 0 Å². The molecule has 0 saturated heterocycles. The third kappa shape index (κ3) is 4.44.